The smallest absolute Gasteiger partial charge is 0.349 e. The summed E-state index contributed by atoms with van der Waals surface area (Å²) >= 11 is 1.33. The molecule has 1 aliphatic carbocycles. The molecule has 0 radical (unpaired) electrons. The van der Waals surface area contributed by atoms with E-state index in [0.29, 0.717) is 11.6 Å². The van der Waals surface area contributed by atoms with E-state index in [2.05, 4.69) is 10.3 Å². The van der Waals surface area contributed by atoms with Gasteiger partial charge in [0.05, 0.1) is 18.6 Å². The van der Waals surface area contributed by atoms with Gasteiger partial charge in [0.1, 0.15) is 10.8 Å². The Morgan fingerprint density at radius 1 is 1.28 bits per heavy atom. The largest absolute Gasteiger partial charge is 0.467 e. The topological polar surface area (TPSA) is 77.1 Å². The van der Waals surface area contributed by atoms with Gasteiger partial charge in [0.15, 0.2) is 0 Å². The first-order valence-corrected chi connectivity index (χ1v) is 10.6. The number of fused-ring (bicyclic) bond motifs is 1. The molecule has 0 atom stereocenters. The molecular weight excluding hydrogens is 386 g/mol. The molecule has 2 aromatic heterocycles. The third kappa shape index (κ3) is 4.29. The van der Waals surface area contributed by atoms with E-state index in [4.69, 9.17) is 4.42 Å². The van der Waals surface area contributed by atoms with Crippen molar-refractivity contribution in [3.63, 3.8) is 0 Å². The molecule has 0 fully saturated rings. The molecule has 0 aliphatic heterocycles. The highest BCUT2D eigenvalue weighted by Crippen LogP contribution is 2.29. The molecule has 1 amide bonds. The van der Waals surface area contributed by atoms with Gasteiger partial charge in [-0.1, -0.05) is 23.9 Å². The maximum Gasteiger partial charge on any atom is 0.349 e. The standard InChI is InChI=1S/C22H23N3O3S/c1-14-8-9-15(2)18(11-14)23-20(26)13-29-21-17-6-3-7-19(17)25(22(27)24-21)12-16-5-4-10-28-16/h4-5,8-11H,3,6-7,12-13H2,1-2H3,(H,23,26). The number of hydrogen-bond donors (Lipinski definition) is 1. The van der Waals surface area contributed by atoms with E-state index in [0.717, 1.165) is 53.1 Å². The first-order chi connectivity index (χ1) is 14.0. The van der Waals surface area contributed by atoms with E-state index >= 15 is 0 Å². The van der Waals surface area contributed by atoms with Crippen LogP contribution in [0, 0.1) is 13.8 Å². The van der Waals surface area contributed by atoms with E-state index in [1.165, 1.54) is 11.8 Å². The summed E-state index contributed by atoms with van der Waals surface area (Å²) < 4.78 is 7.09. The number of aryl methyl sites for hydroxylation is 2. The molecule has 3 aromatic rings. The summed E-state index contributed by atoms with van der Waals surface area (Å²) in [5.74, 6) is 0.849. The molecular formula is C22H23N3O3S. The number of carbonyl (C=O) groups excluding carboxylic acids is 1. The highest BCUT2D eigenvalue weighted by Gasteiger charge is 2.23. The Hall–Kier alpha value is -2.80. The Balaban J connectivity index is 1.50. The molecule has 0 unspecified atom stereocenters. The Labute approximate surface area is 173 Å². The van der Waals surface area contributed by atoms with Gasteiger partial charge in [0.2, 0.25) is 5.91 Å². The van der Waals surface area contributed by atoms with Crippen LogP contribution in [-0.4, -0.2) is 21.2 Å². The second-order valence-corrected chi connectivity index (χ2v) is 8.26. The Morgan fingerprint density at radius 3 is 2.93 bits per heavy atom. The number of aromatic nitrogens is 2. The highest BCUT2D eigenvalue weighted by atomic mass is 32.2. The van der Waals surface area contributed by atoms with Gasteiger partial charge < -0.3 is 9.73 Å². The number of thioether (sulfide) groups is 1. The number of carbonyl (C=O) groups is 1. The second-order valence-electron chi connectivity index (χ2n) is 7.30. The molecule has 0 saturated carbocycles. The van der Waals surface area contributed by atoms with Gasteiger partial charge in [0, 0.05) is 16.9 Å². The summed E-state index contributed by atoms with van der Waals surface area (Å²) in [7, 11) is 0. The lowest BCUT2D eigenvalue weighted by Gasteiger charge is -2.13. The van der Waals surface area contributed by atoms with E-state index in [9.17, 15) is 9.59 Å². The van der Waals surface area contributed by atoms with Crippen LogP contribution in [0.4, 0.5) is 5.69 Å². The number of furan rings is 1. The minimum atomic E-state index is -0.292. The summed E-state index contributed by atoms with van der Waals surface area (Å²) in [4.78, 5) is 29.4. The van der Waals surface area contributed by atoms with Crippen LogP contribution in [-0.2, 0) is 24.2 Å². The molecule has 1 N–H and O–H groups in total. The zero-order valence-corrected chi connectivity index (χ0v) is 17.3. The van der Waals surface area contributed by atoms with Gasteiger partial charge in [-0.05, 0) is 62.4 Å². The third-order valence-corrected chi connectivity index (χ3v) is 6.12. The molecule has 6 nitrogen and oxygen atoms in total. The Kier molecular flexibility index (Phi) is 5.58. The monoisotopic (exact) mass is 409 g/mol. The van der Waals surface area contributed by atoms with Gasteiger partial charge >= 0.3 is 5.69 Å². The Morgan fingerprint density at radius 2 is 2.14 bits per heavy atom. The van der Waals surface area contributed by atoms with E-state index in [1.54, 1.807) is 10.8 Å². The van der Waals surface area contributed by atoms with Crippen LogP contribution in [0.1, 0.15) is 34.6 Å². The van der Waals surface area contributed by atoms with Crippen LogP contribution in [0.25, 0.3) is 0 Å². The van der Waals surface area contributed by atoms with Crippen molar-refractivity contribution in [1.82, 2.24) is 9.55 Å². The number of nitrogens with one attached hydrogen (secondary N) is 1. The SMILES string of the molecule is Cc1ccc(C)c(NC(=O)CSc2nc(=O)n(Cc3ccco3)c3c2CCC3)c1. The van der Waals surface area contributed by atoms with Crippen molar-refractivity contribution in [2.45, 2.75) is 44.7 Å². The van der Waals surface area contributed by atoms with Crippen molar-refractivity contribution in [3.8, 4) is 0 Å². The number of hydrogen-bond acceptors (Lipinski definition) is 5. The molecule has 4 rings (SSSR count). The normalized spacial score (nSPS) is 12.8. The number of benzene rings is 1. The summed E-state index contributed by atoms with van der Waals surface area (Å²) in [6.45, 7) is 4.35. The van der Waals surface area contributed by atoms with Crippen molar-refractivity contribution in [3.05, 3.63) is 75.2 Å². The minimum Gasteiger partial charge on any atom is -0.467 e. The maximum absolute atomic E-state index is 12.6. The number of amides is 1. The fraction of sp³-hybridized carbons (Fsp3) is 0.318. The first-order valence-electron chi connectivity index (χ1n) is 9.66. The van der Waals surface area contributed by atoms with Gasteiger partial charge in [-0.2, -0.15) is 4.98 Å². The van der Waals surface area contributed by atoms with Crippen LogP contribution >= 0.6 is 11.8 Å². The Bertz CT molecular complexity index is 1100. The summed E-state index contributed by atoms with van der Waals surface area (Å²) in [6, 6.07) is 9.64. The average molecular weight is 410 g/mol. The lowest BCUT2D eigenvalue weighted by molar-refractivity contribution is -0.113. The minimum absolute atomic E-state index is 0.1000. The molecule has 1 aromatic carbocycles. The first kappa shape index (κ1) is 19.5. The van der Waals surface area contributed by atoms with Gasteiger partial charge in [0.25, 0.3) is 0 Å². The molecule has 1 aliphatic rings. The molecule has 0 spiro atoms. The number of rotatable bonds is 6. The molecule has 2 heterocycles. The van der Waals surface area contributed by atoms with Crippen molar-refractivity contribution in [2.75, 3.05) is 11.1 Å². The predicted octanol–water partition coefficient (Wildman–Crippen LogP) is 3.72. The number of nitrogens with zero attached hydrogens (tertiary/aromatic N) is 2. The van der Waals surface area contributed by atoms with Crippen LogP contribution in [0.15, 0.2) is 50.8 Å². The lowest BCUT2D eigenvalue weighted by Crippen LogP contribution is -2.28. The van der Waals surface area contributed by atoms with Gasteiger partial charge in [-0.25, -0.2) is 4.79 Å². The summed E-state index contributed by atoms with van der Waals surface area (Å²) in [5.41, 5.74) is 4.74. The highest BCUT2D eigenvalue weighted by molar-refractivity contribution is 8.00. The van der Waals surface area contributed by atoms with Gasteiger partial charge in [-0.3, -0.25) is 9.36 Å². The lowest BCUT2D eigenvalue weighted by atomic mass is 10.1. The zero-order chi connectivity index (χ0) is 20.4. The fourth-order valence-electron chi connectivity index (χ4n) is 3.62. The van der Waals surface area contributed by atoms with E-state index < -0.39 is 0 Å². The number of anilines is 1. The predicted molar refractivity (Wildman–Crippen MR) is 114 cm³/mol. The molecule has 29 heavy (non-hydrogen) atoms. The van der Waals surface area contributed by atoms with Crippen LogP contribution < -0.4 is 11.0 Å². The van der Waals surface area contributed by atoms with Crippen molar-refractivity contribution < 1.29 is 9.21 Å². The van der Waals surface area contributed by atoms with Crippen LogP contribution in [0.5, 0.6) is 0 Å². The van der Waals surface area contributed by atoms with Crippen molar-refractivity contribution >= 4 is 23.4 Å². The van der Waals surface area contributed by atoms with Crippen LogP contribution in [0.3, 0.4) is 0 Å². The van der Waals surface area contributed by atoms with Crippen molar-refractivity contribution in [1.29, 1.82) is 0 Å². The fourth-order valence-corrected chi connectivity index (χ4v) is 4.49. The van der Waals surface area contributed by atoms with Gasteiger partial charge in [-0.15, -0.1) is 0 Å². The summed E-state index contributed by atoms with van der Waals surface area (Å²) in [6.07, 6.45) is 4.31. The zero-order valence-electron chi connectivity index (χ0n) is 16.5. The molecule has 0 bridgehead atoms. The average Bonchev–Trinajstić information content (AvgIpc) is 3.37. The maximum atomic E-state index is 12.6. The quantitative estimate of drug-likeness (QED) is 0.496. The second kappa shape index (κ2) is 8.29. The molecule has 150 valence electrons. The van der Waals surface area contributed by atoms with E-state index in [-0.39, 0.29) is 17.3 Å². The van der Waals surface area contributed by atoms with Crippen LogP contribution in [0.2, 0.25) is 0 Å². The summed E-state index contributed by atoms with van der Waals surface area (Å²) in [5, 5.41) is 3.64. The van der Waals surface area contributed by atoms with E-state index in [1.807, 2.05) is 44.2 Å². The molecule has 0 saturated heterocycles. The molecule has 7 heteroatoms. The van der Waals surface area contributed by atoms with Crippen molar-refractivity contribution in [2.24, 2.45) is 0 Å². The third-order valence-electron chi connectivity index (χ3n) is 5.10.